The lowest BCUT2D eigenvalue weighted by Gasteiger charge is -2.34. The highest BCUT2D eigenvalue weighted by Gasteiger charge is 2.33. The van der Waals surface area contributed by atoms with Gasteiger partial charge in [-0.25, -0.2) is 4.68 Å². The first kappa shape index (κ1) is 16.5. The minimum atomic E-state index is -0.123. The van der Waals surface area contributed by atoms with Crippen LogP contribution in [-0.2, 0) is 6.54 Å². The summed E-state index contributed by atoms with van der Waals surface area (Å²) in [6, 6.07) is 9.29. The van der Waals surface area contributed by atoms with Crippen LogP contribution in [0.2, 0.25) is 0 Å². The molecule has 4 rings (SSSR count). The number of carbonyl (C=O) groups excluding carboxylic acids is 1. The summed E-state index contributed by atoms with van der Waals surface area (Å²) in [6.07, 6.45) is 3.55. The smallest absolute Gasteiger partial charge is 0.256 e. The SMILES string of the molecule is CC(C)c1nnc2n1CCN(C(=O)c1ccccc1-n1cccn1)C2C. The summed E-state index contributed by atoms with van der Waals surface area (Å²) < 4.78 is 3.87. The lowest BCUT2D eigenvalue weighted by atomic mass is 10.1. The zero-order chi connectivity index (χ0) is 18.3. The molecule has 3 aromatic rings. The van der Waals surface area contributed by atoms with Crippen LogP contribution in [-0.4, -0.2) is 41.9 Å². The minimum absolute atomic E-state index is 0.0102. The number of para-hydroxylation sites is 1. The van der Waals surface area contributed by atoms with Gasteiger partial charge in [0.15, 0.2) is 5.82 Å². The van der Waals surface area contributed by atoms with E-state index in [-0.39, 0.29) is 11.9 Å². The highest BCUT2D eigenvalue weighted by molar-refractivity contribution is 5.98. The van der Waals surface area contributed by atoms with Crippen LogP contribution in [0, 0.1) is 0 Å². The van der Waals surface area contributed by atoms with Crippen LogP contribution in [0.4, 0.5) is 0 Å². The lowest BCUT2D eigenvalue weighted by molar-refractivity contribution is 0.0636. The van der Waals surface area contributed by atoms with Crippen LogP contribution >= 0.6 is 0 Å². The first-order chi connectivity index (χ1) is 12.6. The molecular formula is C19H22N6O. The van der Waals surface area contributed by atoms with E-state index in [1.165, 1.54) is 0 Å². The summed E-state index contributed by atoms with van der Waals surface area (Å²) in [7, 11) is 0. The Hall–Kier alpha value is -2.96. The molecule has 0 saturated carbocycles. The zero-order valence-electron chi connectivity index (χ0n) is 15.2. The Morgan fingerprint density at radius 2 is 1.96 bits per heavy atom. The van der Waals surface area contributed by atoms with E-state index in [1.807, 2.05) is 48.4 Å². The Balaban J connectivity index is 1.68. The molecule has 1 aliphatic heterocycles. The summed E-state index contributed by atoms with van der Waals surface area (Å²) in [5, 5.41) is 13.0. The maximum Gasteiger partial charge on any atom is 0.256 e. The third-order valence-electron chi connectivity index (χ3n) is 4.88. The number of hydrogen-bond donors (Lipinski definition) is 0. The topological polar surface area (TPSA) is 68.8 Å². The van der Waals surface area contributed by atoms with Crippen molar-refractivity contribution in [1.29, 1.82) is 0 Å². The lowest BCUT2D eigenvalue weighted by Crippen LogP contribution is -2.42. The Bertz CT molecular complexity index is 927. The Morgan fingerprint density at radius 3 is 2.69 bits per heavy atom. The molecule has 26 heavy (non-hydrogen) atoms. The van der Waals surface area contributed by atoms with Gasteiger partial charge in [0.25, 0.3) is 5.91 Å². The normalized spacial score (nSPS) is 16.8. The first-order valence-corrected chi connectivity index (χ1v) is 8.91. The van der Waals surface area contributed by atoms with Crippen LogP contribution in [0.5, 0.6) is 0 Å². The van der Waals surface area contributed by atoms with Gasteiger partial charge in [0.2, 0.25) is 0 Å². The van der Waals surface area contributed by atoms with Gasteiger partial charge in [0.1, 0.15) is 5.82 Å². The average molecular weight is 350 g/mol. The van der Waals surface area contributed by atoms with Crippen molar-refractivity contribution in [3.8, 4) is 5.69 Å². The van der Waals surface area contributed by atoms with E-state index >= 15 is 0 Å². The maximum absolute atomic E-state index is 13.3. The van der Waals surface area contributed by atoms with Gasteiger partial charge in [-0.2, -0.15) is 5.10 Å². The monoisotopic (exact) mass is 350 g/mol. The summed E-state index contributed by atoms with van der Waals surface area (Å²) in [4.78, 5) is 15.2. The molecule has 7 nitrogen and oxygen atoms in total. The number of nitrogens with zero attached hydrogens (tertiary/aromatic N) is 6. The van der Waals surface area contributed by atoms with E-state index in [0.717, 1.165) is 23.9 Å². The standard InChI is InChI=1S/C19H22N6O/c1-13(2)17-21-22-18-14(3)23(11-12-24(17)18)19(26)15-7-4-5-8-16(15)25-10-6-9-20-25/h4-10,13-14H,11-12H2,1-3H3. The highest BCUT2D eigenvalue weighted by Crippen LogP contribution is 2.29. The van der Waals surface area contributed by atoms with Crippen LogP contribution in [0.15, 0.2) is 42.7 Å². The fraction of sp³-hybridized carbons (Fsp3) is 0.368. The number of fused-ring (bicyclic) bond motifs is 1. The number of hydrogen-bond acceptors (Lipinski definition) is 4. The van der Waals surface area contributed by atoms with E-state index in [4.69, 9.17) is 0 Å². The van der Waals surface area contributed by atoms with Crippen LogP contribution in [0.3, 0.4) is 0 Å². The third kappa shape index (κ3) is 2.60. The van der Waals surface area contributed by atoms with E-state index in [9.17, 15) is 4.79 Å². The molecule has 0 radical (unpaired) electrons. The molecule has 1 aromatic carbocycles. The van der Waals surface area contributed by atoms with Crippen molar-refractivity contribution in [2.45, 2.75) is 39.3 Å². The van der Waals surface area contributed by atoms with Gasteiger partial charge in [-0.1, -0.05) is 26.0 Å². The van der Waals surface area contributed by atoms with E-state index < -0.39 is 0 Å². The maximum atomic E-state index is 13.3. The van der Waals surface area contributed by atoms with Gasteiger partial charge in [-0.05, 0) is 25.1 Å². The minimum Gasteiger partial charge on any atom is -0.327 e. The molecule has 7 heteroatoms. The summed E-state index contributed by atoms with van der Waals surface area (Å²) in [5.74, 6) is 2.14. The predicted molar refractivity (Wildman–Crippen MR) is 97.1 cm³/mol. The molecule has 1 atom stereocenters. The average Bonchev–Trinajstić information content (AvgIpc) is 3.31. The molecule has 1 aliphatic rings. The summed E-state index contributed by atoms with van der Waals surface area (Å²) in [6.45, 7) is 7.59. The summed E-state index contributed by atoms with van der Waals surface area (Å²) >= 11 is 0. The Labute approximate surface area is 152 Å². The molecule has 3 heterocycles. The number of aromatic nitrogens is 5. The predicted octanol–water partition coefficient (Wildman–Crippen LogP) is 2.80. The second kappa shape index (κ2) is 6.40. The van der Waals surface area contributed by atoms with Gasteiger partial charge in [-0.15, -0.1) is 10.2 Å². The second-order valence-corrected chi connectivity index (χ2v) is 6.87. The number of amides is 1. The molecule has 0 fully saturated rings. The Morgan fingerprint density at radius 1 is 1.15 bits per heavy atom. The van der Waals surface area contributed by atoms with Crippen molar-refractivity contribution in [3.63, 3.8) is 0 Å². The van der Waals surface area contributed by atoms with Gasteiger partial charge in [-0.3, -0.25) is 4.79 Å². The number of rotatable bonds is 3. The van der Waals surface area contributed by atoms with Crippen molar-refractivity contribution in [2.24, 2.45) is 0 Å². The van der Waals surface area contributed by atoms with E-state index in [1.54, 1.807) is 10.9 Å². The fourth-order valence-corrected chi connectivity index (χ4v) is 3.53. The van der Waals surface area contributed by atoms with Crippen LogP contribution in [0.1, 0.15) is 54.7 Å². The quantitative estimate of drug-likeness (QED) is 0.728. The third-order valence-corrected chi connectivity index (χ3v) is 4.88. The van der Waals surface area contributed by atoms with Crippen LogP contribution in [0.25, 0.3) is 5.69 Å². The zero-order valence-corrected chi connectivity index (χ0v) is 15.2. The molecule has 0 aliphatic carbocycles. The molecule has 1 unspecified atom stereocenters. The van der Waals surface area contributed by atoms with Gasteiger partial charge in [0.05, 0.1) is 17.3 Å². The van der Waals surface area contributed by atoms with Gasteiger partial charge < -0.3 is 9.47 Å². The molecule has 0 spiro atoms. The summed E-state index contributed by atoms with van der Waals surface area (Å²) in [5.41, 5.74) is 1.42. The highest BCUT2D eigenvalue weighted by atomic mass is 16.2. The Kier molecular flexibility index (Phi) is 4.06. The molecule has 0 N–H and O–H groups in total. The van der Waals surface area contributed by atoms with Crippen molar-refractivity contribution < 1.29 is 4.79 Å². The van der Waals surface area contributed by atoms with Crippen molar-refractivity contribution in [2.75, 3.05) is 6.54 Å². The van der Waals surface area contributed by atoms with Gasteiger partial charge >= 0.3 is 0 Å². The molecule has 1 amide bonds. The van der Waals surface area contributed by atoms with E-state index in [0.29, 0.717) is 18.0 Å². The fourth-order valence-electron chi connectivity index (χ4n) is 3.53. The molecule has 2 aromatic heterocycles. The molecule has 134 valence electrons. The molecule has 0 saturated heterocycles. The largest absolute Gasteiger partial charge is 0.327 e. The number of benzene rings is 1. The first-order valence-electron chi connectivity index (χ1n) is 8.91. The molecular weight excluding hydrogens is 328 g/mol. The van der Waals surface area contributed by atoms with Crippen molar-refractivity contribution >= 4 is 5.91 Å². The van der Waals surface area contributed by atoms with Gasteiger partial charge in [0, 0.05) is 31.4 Å². The van der Waals surface area contributed by atoms with E-state index in [2.05, 4.69) is 33.7 Å². The van der Waals surface area contributed by atoms with Crippen LogP contribution < -0.4 is 0 Å². The number of carbonyl (C=O) groups is 1. The van der Waals surface area contributed by atoms with Crippen molar-refractivity contribution in [3.05, 3.63) is 59.9 Å². The molecule has 0 bridgehead atoms. The van der Waals surface area contributed by atoms with Crippen molar-refractivity contribution in [1.82, 2.24) is 29.4 Å². The second-order valence-electron chi connectivity index (χ2n) is 6.87.